The summed E-state index contributed by atoms with van der Waals surface area (Å²) in [7, 11) is 2.03. The molecule has 4 nitrogen and oxygen atoms in total. The minimum absolute atomic E-state index is 0.294. The first-order chi connectivity index (χ1) is 8.58. The normalized spacial score (nSPS) is 17.7. The molecule has 4 heteroatoms. The van der Waals surface area contributed by atoms with E-state index in [9.17, 15) is 5.11 Å². The van der Waals surface area contributed by atoms with Crippen LogP contribution in [0.5, 0.6) is 0 Å². The number of nitrogens with zero attached hydrogens (tertiary/aromatic N) is 1. The maximum absolute atomic E-state index is 9.84. The molecule has 1 atom stereocenters. The molecule has 1 unspecified atom stereocenters. The number of ether oxygens (including phenoxy) is 1. The SMILES string of the molecule is CC(C)CNCC(O)CN(C)CCOCC1CC1. The molecule has 1 aliphatic rings. The largest absolute Gasteiger partial charge is 0.390 e. The molecule has 0 radical (unpaired) electrons. The molecule has 1 saturated carbocycles. The summed E-state index contributed by atoms with van der Waals surface area (Å²) in [6, 6.07) is 0. The zero-order valence-corrected chi connectivity index (χ0v) is 12.2. The van der Waals surface area contributed by atoms with Gasteiger partial charge in [0.1, 0.15) is 0 Å². The van der Waals surface area contributed by atoms with Crippen LogP contribution in [-0.4, -0.2) is 62.6 Å². The summed E-state index contributed by atoms with van der Waals surface area (Å²) in [6.07, 6.45) is 2.39. The predicted molar refractivity (Wildman–Crippen MR) is 74.8 cm³/mol. The molecule has 0 aromatic heterocycles. The van der Waals surface area contributed by atoms with Gasteiger partial charge < -0.3 is 20.1 Å². The van der Waals surface area contributed by atoms with Gasteiger partial charge in [0.25, 0.3) is 0 Å². The van der Waals surface area contributed by atoms with E-state index in [0.29, 0.717) is 19.0 Å². The first-order valence-electron chi connectivity index (χ1n) is 7.23. The van der Waals surface area contributed by atoms with E-state index in [4.69, 9.17) is 4.74 Å². The Labute approximate surface area is 112 Å². The molecule has 1 fully saturated rings. The highest BCUT2D eigenvalue weighted by atomic mass is 16.5. The summed E-state index contributed by atoms with van der Waals surface area (Å²) in [4.78, 5) is 2.13. The Morgan fingerprint density at radius 1 is 1.33 bits per heavy atom. The molecule has 1 rings (SSSR count). The molecular weight excluding hydrogens is 228 g/mol. The quantitative estimate of drug-likeness (QED) is 0.542. The fourth-order valence-electron chi connectivity index (χ4n) is 1.81. The van der Waals surface area contributed by atoms with Crippen LogP contribution in [0.1, 0.15) is 26.7 Å². The Morgan fingerprint density at radius 3 is 2.67 bits per heavy atom. The second kappa shape index (κ2) is 8.86. The molecule has 0 aliphatic heterocycles. The number of hydrogen-bond donors (Lipinski definition) is 2. The molecular formula is C14H30N2O2. The minimum atomic E-state index is -0.294. The highest BCUT2D eigenvalue weighted by Crippen LogP contribution is 2.28. The molecule has 0 aromatic rings. The van der Waals surface area contributed by atoms with Gasteiger partial charge in [-0.1, -0.05) is 13.8 Å². The molecule has 2 N–H and O–H groups in total. The van der Waals surface area contributed by atoms with Crippen molar-refractivity contribution in [3.05, 3.63) is 0 Å². The molecule has 0 aromatic carbocycles. The second-order valence-corrected chi connectivity index (χ2v) is 5.99. The lowest BCUT2D eigenvalue weighted by Crippen LogP contribution is -2.38. The number of aliphatic hydroxyl groups is 1. The Bertz CT molecular complexity index is 208. The van der Waals surface area contributed by atoms with Gasteiger partial charge in [0.05, 0.1) is 12.7 Å². The highest BCUT2D eigenvalue weighted by molar-refractivity contribution is 4.72. The lowest BCUT2D eigenvalue weighted by atomic mass is 10.2. The Balaban J connectivity index is 1.90. The number of hydrogen-bond acceptors (Lipinski definition) is 4. The zero-order valence-electron chi connectivity index (χ0n) is 12.2. The van der Waals surface area contributed by atoms with Crippen LogP contribution in [-0.2, 0) is 4.74 Å². The van der Waals surface area contributed by atoms with E-state index in [1.54, 1.807) is 0 Å². The summed E-state index contributed by atoms with van der Waals surface area (Å²) in [5.74, 6) is 1.46. The molecule has 0 amide bonds. The van der Waals surface area contributed by atoms with Crippen molar-refractivity contribution in [2.45, 2.75) is 32.8 Å². The van der Waals surface area contributed by atoms with E-state index in [2.05, 4.69) is 24.1 Å². The van der Waals surface area contributed by atoms with E-state index in [1.165, 1.54) is 12.8 Å². The van der Waals surface area contributed by atoms with Crippen LogP contribution in [0.25, 0.3) is 0 Å². The van der Waals surface area contributed by atoms with E-state index in [-0.39, 0.29) is 6.10 Å². The molecule has 18 heavy (non-hydrogen) atoms. The van der Waals surface area contributed by atoms with Gasteiger partial charge >= 0.3 is 0 Å². The van der Waals surface area contributed by atoms with Gasteiger partial charge in [-0.15, -0.1) is 0 Å². The first-order valence-corrected chi connectivity index (χ1v) is 7.23. The van der Waals surface area contributed by atoms with Gasteiger partial charge in [-0.3, -0.25) is 0 Å². The van der Waals surface area contributed by atoms with Crippen LogP contribution < -0.4 is 5.32 Å². The third-order valence-electron chi connectivity index (χ3n) is 3.12. The van der Waals surface area contributed by atoms with Gasteiger partial charge in [-0.2, -0.15) is 0 Å². The average Bonchev–Trinajstić information content (AvgIpc) is 3.07. The predicted octanol–water partition coefficient (Wildman–Crippen LogP) is 0.951. The molecule has 0 spiro atoms. The number of nitrogens with one attached hydrogen (secondary N) is 1. The summed E-state index contributed by atoms with van der Waals surface area (Å²) >= 11 is 0. The summed E-state index contributed by atoms with van der Waals surface area (Å²) in [5, 5.41) is 13.1. The standard InChI is InChI=1S/C14H30N2O2/c1-12(2)8-15-9-14(17)10-16(3)6-7-18-11-13-4-5-13/h12-15,17H,4-11H2,1-3H3. The van der Waals surface area contributed by atoms with E-state index < -0.39 is 0 Å². The van der Waals surface area contributed by atoms with Crippen LogP contribution in [0.4, 0.5) is 0 Å². The minimum Gasteiger partial charge on any atom is -0.390 e. The Kier molecular flexibility index (Phi) is 7.82. The highest BCUT2D eigenvalue weighted by Gasteiger charge is 2.21. The van der Waals surface area contributed by atoms with Crippen molar-refractivity contribution in [3.8, 4) is 0 Å². The smallest absolute Gasteiger partial charge is 0.0791 e. The first kappa shape index (κ1) is 15.9. The number of aliphatic hydroxyl groups excluding tert-OH is 1. The van der Waals surface area contributed by atoms with Crippen molar-refractivity contribution in [3.63, 3.8) is 0 Å². The van der Waals surface area contributed by atoms with Crippen LogP contribution in [0.3, 0.4) is 0 Å². The van der Waals surface area contributed by atoms with Crippen LogP contribution >= 0.6 is 0 Å². The number of likely N-dealkylation sites (N-methyl/N-ethyl adjacent to an activating group) is 1. The van der Waals surface area contributed by atoms with Crippen molar-refractivity contribution < 1.29 is 9.84 Å². The Morgan fingerprint density at radius 2 is 2.06 bits per heavy atom. The molecule has 108 valence electrons. The van der Waals surface area contributed by atoms with Crippen molar-refractivity contribution in [2.75, 3.05) is 46.4 Å². The molecule has 0 saturated heterocycles. The van der Waals surface area contributed by atoms with Gasteiger partial charge in [0.2, 0.25) is 0 Å². The second-order valence-electron chi connectivity index (χ2n) is 5.99. The summed E-state index contributed by atoms with van der Waals surface area (Å²) in [6.45, 7) is 9.28. The van der Waals surface area contributed by atoms with Crippen molar-refractivity contribution in [1.29, 1.82) is 0 Å². The lowest BCUT2D eigenvalue weighted by Gasteiger charge is -2.21. The fraction of sp³-hybridized carbons (Fsp3) is 1.00. The molecule has 0 heterocycles. The summed E-state index contributed by atoms with van der Waals surface area (Å²) in [5.41, 5.74) is 0. The lowest BCUT2D eigenvalue weighted by molar-refractivity contribution is 0.0791. The Hall–Kier alpha value is -0.160. The monoisotopic (exact) mass is 258 g/mol. The fourth-order valence-corrected chi connectivity index (χ4v) is 1.81. The maximum atomic E-state index is 9.84. The molecule has 1 aliphatic carbocycles. The zero-order chi connectivity index (χ0) is 13.4. The van der Waals surface area contributed by atoms with Gasteiger partial charge in [-0.05, 0) is 38.3 Å². The van der Waals surface area contributed by atoms with E-state index in [1.807, 2.05) is 7.05 Å². The van der Waals surface area contributed by atoms with Crippen molar-refractivity contribution in [2.24, 2.45) is 11.8 Å². The van der Waals surface area contributed by atoms with E-state index >= 15 is 0 Å². The molecule has 0 bridgehead atoms. The third-order valence-corrected chi connectivity index (χ3v) is 3.12. The summed E-state index contributed by atoms with van der Waals surface area (Å²) < 4.78 is 5.58. The topological polar surface area (TPSA) is 44.7 Å². The van der Waals surface area contributed by atoms with Crippen LogP contribution in [0, 0.1) is 11.8 Å². The van der Waals surface area contributed by atoms with Crippen LogP contribution in [0.2, 0.25) is 0 Å². The van der Waals surface area contributed by atoms with E-state index in [0.717, 1.165) is 32.2 Å². The van der Waals surface area contributed by atoms with Crippen molar-refractivity contribution in [1.82, 2.24) is 10.2 Å². The van der Waals surface area contributed by atoms with Gasteiger partial charge in [0.15, 0.2) is 0 Å². The average molecular weight is 258 g/mol. The maximum Gasteiger partial charge on any atom is 0.0791 e. The van der Waals surface area contributed by atoms with Gasteiger partial charge in [-0.25, -0.2) is 0 Å². The van der Waals surface area contributed by atoms with Crippen LogP contribution in [0.15, 0.2) is 0 Å². The number of rotatable bonds is 11. The van der Waals surface area contributed by atoms with Gasteiger partial charge in [0, 0.05) is 26.2 Å². The van der Waals surface area contributed by atoms with Crippen molar-refractivity contribution >= 4 is 0 Å². The third kappa shape index (κ3) is 8.86.